The van der Waals surface area contributed by atoms with E-state index in [1.807, 2.05) is 11.5 Å². The van der Waals surface area contributed by atoms with Crippen LogP contribution in [0.5, 0.6) is 0 Å². The predicted molar refractivity (Wildman–Crippen MR) is 103 cm³/mol. The van der Waals surface area contributed by atoms with E-state index in [4.69, 9.17) is 9.15 Å². The number of benzene rings is 1. The van der Waals surface area contributed by atoms with Crippen molar-refractivity contribution in [1.29, 1.82) is 0 Å². The van der Waals surface area contributed by atoms with Crippen LogP contribution in [0.1, 0.15) is 12.5 Å². The molecule has 0 atom stereocenters. The van der Waals surface area contributed by atoms with E-state index in [1.165, 1.54) is 6.07 Å². The molecule has 0 bridgehead atoms. The SMILES string of the molecule is CCn1c(SCC(=O)OCC(=O)NCc2ccccc2F)nnc1-c1ccco1. The Morgan fingerprint density at radius 2 is 2.07 bits per heavy atom. The molecule has 0 spiro atoms. The van der Waals surface area contributed by atoms with Gasteiger partial charge in [0.25, 0.3) is 5.91 Å². The van der Waals surface area contributed by atoms with Gasteiger partial charge in [0.2, 0.25) is 0 Å². The molecule has 29 heavy (non-hydrogen) atoms. The van der Waals surface area contributed by atoms with Crippen LogP contribution in [0.2, 0.25) is 0 Å². The van der Waals surface area contributed by atoms with Crippen molar-refractivity contribution in [3.8, 4) is 11.6 Å². The topological polar surface area (TPSA) is 99.2 Å². The summed E-state index contributed by atoms with van der Waals surface area (Å²) < 4.78 is 25.6. The quantitative estimate of drug-likeness (QED) is 0.421. The second-order valence-electron chi connectivity index (χ2n) is 5.85. The van der Waals surface area contributed by atoms with Crippen LogP contribution in [-0.2, 0) is 27.4 Å². The Balaban J connectivity index is 1.44. The molecule has 3 rings (SSSR count). The van der Waals surface area contributed by atoms with E-state index in [9.17, 15) is 14.0 Å². The number of amides is 1. The van der Waals surface area contributed by atoms with Crippen molar-refractivity contribution in [2.24, 2.45) is 0 Å². The van der Waals surface area contributed by atoms with Gasteiger partial charge < -0.3 is 14.5 Å². The third-order valence-corrected chi connectivity index (χ3v) is 4.83. The summed E-state index contributed by atoms with van der Waals surface area (Å²) in [4.78, 5) is 23.7. The van der Waals surface area contributed by atoms with E-state index in [0.717, 1.165) is 11.8 Å². The number of aromatic nitrogens is 3. The summed E-state index contributed by atoms with van der Waals surface area (Å²) in [6, 6.07) is 9.65. The molecule has 0 saturated carbocycles. The maximum atomic E-state index is 13.5. The number of halogens is 1. The van der Waals surface area contributed by atoms with Gasteiger partial charge in [-0.3, -0.25) is 14.2 Å². The van der Waals surface area contributed by atoms with Gasteiger partial charge in [-0.1, -0.05) is 30.0 Å². The Kier molecular flexibility index (Phi) is 7.01. The van der Waals surface area contributed by atoms with Crippen LogP contribution >= 0.6 is 11.8 Å². The molecule has 152 valence electrons. The maximum absolute atomic E-state index is 13.5. The minimum atomic E-state index is -0.568. The number of hydrogen-bond acceptors (Lipinski definition) is 7. The molecular weight excluding hydrogens is 399 g/mol. The first-order chi connectivity index (χ1) is 14.1. The fourth-order valence-corrected chi connectivity index (χ4v) is 3.27. The molecule has 0 fully saturated rings. The van der Waals surface area contributed by atoms with Crippen LogP contribution in [0, 0.1) is 5.82 Å². The van der Waals surface area contributed by atoms with Crippen LogP contribution in [0.15, 0.2) is 52.2 Å². The molecule has 3 aromatic rings. The Morgan fingerprint density at radius 3 is 2.79 bits per heavy atom. The van der Waals surface area contributed by atoms with Crippen LogP contribution in [-0.4, -0.2) is 39.0 Å². The molecular formula is C19H19FN4O4S. The Bertz CT molecular complexity index is 975. The average molecular weight is 418 g/mol. The van der Waals surface area contributed by atoms with Gasteiger partial charge in [-0.25, -0.2) is 4.39 Å². The number of esters is 1. The Morgan fingerprint density at radius 1 is 1.24 bits per heavy atom. The van der Waals surface area contributed by atoms with E-state index < -0.39 is 24.3 Å². The number of rotatable bonds is 9. The lowest BCUT2D eigenvalue weighted by molar-refractivity contribution is -0.145. The van der Waals surface area contributed by atoms with Crippen molar-refractivity contribution in [2.45, 2.75) is 25.2 Å². The Labute approximate surface area is 170 Å². The molecule has 10 heteroatoms. The van der Waals surface area contributed by atoms with Gasteiger partial charge in [0, 0.05) is 18.7 Å². The predicted octanol–water partition coefficient (Wildman–Crippen LogP) is 2.65. The van der Waals surface area contributed by atoms with Crippen molar-refractivity contribution in [1.82, 2.24) is 20.1 Å². The number of hydrogen-bond donors (Lipinski definition) is 1. The molecule has 0 aliphatic heterocycles. The van der Waals surface area contributed by atoms with Crippen molar-refractivity contribution in [3.05, 3.63) is 54.0 Å². The van der Waals surface area contributed by atoms with E-state index >= 15 is 0 Å². The molecule has 2 aromatic heterocycles. The Hall–Kier alpha value is -3.14. The van der Waals surface area contributed by atoms with Crippen LogP contribution in [0.25, 0.3) is 11.6 Å². The zero-order valence-corrected chi connectivity index (χ0v) is 16.4. The molecule has 0 aliphatic rings. The zero-order chi connectivity index (χ0) is 20.6. The number of carbonyl (C=O) groups excluding carboxylic acids is 2. The largest absolute Gasteiger partial charge is 0.461 e. The number of ether oxygens (including phenoxy) is 1. The monoisotopic (exact) mass is 418 g/mol. The highest BCUT2D eigenvalue weighted by molar-refractivity contribution is 7.99. The molecule has 0 saturated heterocycles. The average Bonchev–Trinajstić information content (AvgIpc) is 3.39. The van der Waals surface area contributed by atoms with E-state index in [2.05, 4.69) is 15.5 Å². The number of furan rings is 1. The number of nitrogens with one attached hydrogen (secondary N) is 1. The van der Waals surface area contributed by atoms with Gasteiger partial charge >= 0.3 is 5.97 Å². The first-order valence-corrected chi connectivity index (χ1v) is 9.82. The minimum absolute atomic E-state index is 0.0208. The summed E-state index contributed by atoms with van der Waals surface area (Å²) in [6.45, 7) is 2.11. The lowest BCUT2D eigenvalue weighted by atomic mass is 10.2. The van der Waals surface area contributed by atoms with E-state index in [0.29, 0.717) is 28.8 Å². The highest BCUT2D eigenvalue weighted by Gasteiger charge is 2.17. The fraction of sp³-hybridized carbons (Fsp3) is 0.263. The summed E-state index contributed by atoms with van der Waals surface area (Å²) in [6.07, 6.45) is 1.55. The second-order valence-corrected chi connectivity index (χ2v) is 6.79. The number of carbonyl (C=O) groups is 2. The van der Waals surface area contributed by atoms with Gasteiger partial charge in [-0.2, -0.15) is 0 Å². The highest BCUT2D eigenvalue weighted by Crippen LogP contribution is 2.24. The summed E-state index contributed by atoms with van der Waals surface area (Å²) >= 11 is 1.15. The third kappa shape index (κ3) is 5.44. The lowest BCUT2D eigenvalue weighted by Gasteiger charge is -2.08. The summed E-state index contributed by atoms with van der Waals surface area (Å²) in [7, 11) is 0. The first kappa shape index (κ1) is 20.6. The van der Waals surface area contributed by atoms with Gasteiger partial charge in [0.1, 0.15) is 5.82 Å². The standard InChI is InChI=1S/C19H19FN4O4S/c1-2-24-18(15-8-5-9-27-15)22-23-19(24)29-12-17(26)28-11-16(25)21-10-13-6-3-4-7-14(13)20/h3-9H,2,10-12H2,1H3,(H,21,25). The lowest BCUT2D eigenvalue weighted by Crippen LogP contribution is -2.29. The van der Waals surface area contributed by atoms with Crippen LogP contribution in [0.4, 0.5) is 4.39 Å². The second kappa shape index (κ2) is 9.87. The molecule has 0 aliphatic carbocycles. The van der Waals surface area contributed by atoms with Gasteiger partial charge in [-0.15, -0.1) is 10.2 Å². The van der Waals surface area contributed by atoms with Crippen molar-refractivity contribution in [3.63, 3.8) is 0 Å². The number of nitrogens with zero attached hydrogens (tertiary/aromatic N) is 3. The molecule has 1 amide bonds. The fourth-order valence-electron chi connectivity index (χ4n) is 2.47. The smallest absolute Gasteiger partial charge is 0.316 e. The molecule has 1 N–H and O–H groups in total. The molecule has 1 aromatic carbocycles. The van der Waals surface area contributed by atoms with Crippen LogP contribution < -0.4 is 5.32 Å². The third-order valence-electron chi connectivity index (χ3n) is 3.89. The first-order valence-electron chi connectivity index (χ1n) is 8.84. The normalized spacial score (nSPS) is 10.7. The van der Waals surface area contributed by atoms with Gasteiger partial charge in [-0.05, 0) is 25.1 Å². The molecule has 0 radical (unpaired) electrons. The van der Waals surface area contributed by atoms with Gasteiger partial charge in [0.15, 0.2) is 23.3 Å². The van der Waals surface area contributed by atoms with Crippen LogP contribution in [0.3, 0.4) is 0 Å². The van der Waals surface area contributed by atoms with Crippen molar-refractivity contribution < 1.29 is 23.1 Å². The summed E-state index contributed by atoms with van der Waals surface area (Å²) in [5, 5.41) is 11.2. The number of thioether (sulfide) groups is 1. The van der Waals surface area contributed by atoms with Gasteiger partial charge in [0.05, 0.1) is 12.0 Å². The molecule has 2 heterocycles. The van der Waals surface area contributed by atoms with Crippen molar-refractivity contribution in [2.75, 3.05) is 12.4 Å². The van der Waals surface area contributed by atoms with E-state index in [-0.39, 0.29) is 12.3 Å². The minimum Gasteiger partial charge on any atom is -0.461 e. The van der Waals surface area contributed by atoms with E-state index in [1.54, 1.807) is 36.6 Å². The zero-order valence-electron chi connectivity index (χ0n) is 15.6. The van der Waals surface area contributed by atoms with Crippen molar-refractivity contribution >= 4 is 23.6 Å². The molecule has 8 nitrogen and oxygen atoms in total. The summed E-state index contributed by atoms with van der Waals surface area (Å²) in [5.74, 6) is -0.363. The molecule has 0 unspecified atom stereocenters. The highest BCUT2D eigenvalue weighted by atomic mass is 32.2. The maximum Gasteiger partial charge on any atom is 0.316 e. The summed E-state index contributed by atoms with van der Waals surface area (Å²) in [5.41, 5.74) is 0.356.